The lowest BCUT2D eigenvalue weighted by molar-refractivity contribution is -0.384. The minimum Gasteiger partial charge on any atom is -0.355 e. The number of nitro groups is 1. The van der Waals surface area contributed by atoms with Crippen LogP contribution in [0, 0.1) is 26.4 Å². The number of amides is 1. The van der Waals surface area contributed by atoms with Crippen molar-refractivity contribution in [3.63, 3.8) is 0 Å². The van der Waals surface area contributed by atoms with E-state index in [1.165, 1.54) is 24.3 Å². The highest BCUT2D eigenvalue weighted by molar-refractivity contribution is 6.50. The van der Waals surface area contributed by atoms with E-state index in [9.17, 15) is 19.7 Å². The summed E-state index contributed by atoms with van der Waals surface area (Å²) in [6.07, 6.45) is 1.21. The molecule has 2 N–H and O–H groups in total. The van der Waals surface area contributed by atoms with E-state index in [-0.39, 0.29) is 17.4 Å². The number of ketones is 1. The van der Waals surface area contributed by atoms with Gasteiger partial charge in [-0.1, -0.05) is 20.8 Å². The molecule has 2 unspecified atom stereocenters. The Bertz CT molecular complexity index is 846. The number of hydrogen-bond donors (Lipinski definition) is 2. The maximum atomic E-state index is 13.3. The molecule has 0 spiro atoms. The second-order valence-corrected chi connectivity index (χ2v) is 7.93. The van der Waals surface area contributed by atoms with Crippen molar-refractivity contribution < 1.29 is 14.5 Å². The third-order valence-corrected chi connectivity index (χ3v) is 6.67. The predicted octanol–water partition coefficient (Wildman–Crippen LogP) is 2.89. The van der Waals surface area contributed by atoms with Gasteiger partial charge >= 0.3 is 0 Å². The summed E-state index contributed by atoms with van der Waals surface area (Å²) in [4.78, 5) is 36.4. The number of rotatable bonds is 5. The van der Waals surface area contributed by atoms with Gasteiger partial charge in [-0.25, -0.2) is 0 Å². The van der Waals surface area contributed by atoms with Gasteiger partial charge in [0.05, 0.1) is 10.6 Å². The number of nitrogens with zero attached hydrogens (tertiary/aromatic N) is 2. The summed E-state index contributed by atoms with van der Waals surface area (Å²) in [6.45, 7) is 8.20. The average Bonchev–Trinajstić information content (AvgIpc) is 2.89. The van der Waals surface area contributed by atoms with Crippen molar-refractivity contribution in [2.75, 3.05) is 12.0 Å². The lowest BCUT2D eigenvalue weighted by atomic mass is 9.64. The van der Waals surface area contributed by atoms with Gasteiger partial charge in [0.15, 0.2) is 5.78 Å². The topological polar surface area (TPSA) is 114 Å². The number of carbonyl (C=O) groups excluding carboxylic acids is 2. The van der Waals surface area contributed by atoms with Crippen LogP contribution in [0.5, 0.6) is 0 Å². The van der Waals surface area contributed by atoms with E-state index in [1.54, 1.807) is 0 Å². The van der Waals surface area contributed by atoms with Crippen LogP contribution in [0.25, 0.3) is 0 Å². The van der Waals surface area contributed by atoms with Crippen molar-refractivity contribution in [1.82, 2.24) is 5.32 Å². The second-order valence-electron chi connectivity index (χ2n) is 7.93. The van der Waals surface area contributed by atoms with Gasteiger partial charge in [0.25, 0.3) is 5.69 Å². The smallest absolute Gasteiger partial charge is 0.269 e. The van der Waals surface area contributed by atoms with Crippen LogP contribution in [-0.2, 0) is 9.59 Å². The van der Waals surface area contributed by atoms with E-state index in [1.807, 2.05) is 27.7 Å². The Morgan fingerprint density at radius 1 is 1.22 bits per heavy atom. The van der Waals surface area contributed by atoms with Crippen LogP contribution in [0.15, 0.2) is 29.4 Å². The van der Waals surface area contributed by atoms with E-state index in [0.717, 1.165) is 0 Å². The average molecular weight is 372 g/mol. The van der Waals surface area contributed by atoms with Crippen LogP contribution in [0.3, 0.4) is 0 Å². The van der Waals surface area contributed by atoms with Crippen LogP contribution >= 0.6 is 0 Å². The fourth-order valence-electron chi connectivity index (χ4n) is 4.56. The van der Waals surface area contributed by atoms with Gasteiger partial charge in [-0.15, -0.1) is 0 Å². The number of benzene rings is 1. The molecule has 2 bridgehead atoms. The Labute approximate surface area is 157 Å². The molecule has 27 heavy (non-hydrogen) atoms. The number of nitrogens with one attached hydrogen (secondary N) is 2. The Hall–Kier alpha value is -2.77. The molecule has 0 aromatic heterocycles. The van der Waals surface area contributed by atoms with Crippen molar-refractivity contribution in [1.29, 1.82) is 0 Å². The SMILES string of the molecule is CCNC(=O)C12CCC(C)(/C(=N/Nc3ccc([N+](=O)[O-])cc3)C1=O)C2(C)C. The highest BCUT2D eigenvalue weighted by atomic mass is 16.6. The van der Waals surface area contributed by atoms with Gasteiger partial charge in [0.2, 0.25) is 5.91 Å². The molecule has 0 radical (unpaired) electrons. The molecule has 1 aromatic rings. The summed E-state index contributed by atoms with van der Waals surface area (Å²) in [5, 5.41) is 17.9. The lowest BCUT2D eigenvalue weighted by Crippen LogP contribution is -2.50. The van der Waals surface area contributed by atoms with Gasteiger partial charge in [-0.05, 0) is 37.3 Å². The molecule has 3 rings (SSSR count). The number of hydrazone groups is 1. The standard InChI is InChI=1S/C19H24N4O4/c1-5-20-16(25)19-11-10-18(4,17(19,2)3)14(15(19)24)22-21-12-6-8-13(9-7-12)23(26)27/h6-9,21H,5,10-11H2,1-4H3,(H,20,25)/b22-14+. The summed E-state index contributed by atoms with van der Waals surface area (Å²) in [5.74, 6) is -0.467. The first-order valence-corrected chi connectivity index (χ1v) is 9.03. The number of fused-ring (bicyclic) bond motifs is 2. The van der Waals surface area contributed by atoms with Gasteiger partial charge in [-0.2, -0.15) is 5.10 Å². The molecule has 1 aromatic carbocycles. The minimum absolute atomic E-state index is 0.0208. The number of carbonyl (C=O) groups is 2. The molecule has 0 saturated heterocycles. The monoisotopic (exact) mass is 372 g/mol. The molecule has 2 fully saturated rings. The molecule has 2 aliphatic carbocycles. The number of hydrogen-bond acceptors (Lipinski definition) is 6. The summed E-state index contributed by atoms with van der Waals surface area (Å²) < 4.78 is 0. The molecule has 1 amide bonds. The number of anilines is 1. The highest BCUT2D eigenvalue weighted by Crippen LogP contribution is 2.69. The molecule has 8 nitrogen and oxygen atoms in total. The maximum absolute atomic E-state index is 13.3. The summed E-state index contributed by atoms with van der Waals surface area (Å²) >= 11 is 0. The Morgan fingerprint density at radius 3 is 2.41 bits per heavy atom. The third-order valence-electron chi connectivity index (χ3n) is 6.67. The van der Waals surface area contributed by atoms with E-state index < -0.39 is 21.2 Å². The molecule has 0 heterocycles. The zero-order valence-electron chi connectivity index (χ0n) is 16.0. The normalized spacial score (nSPS) is 29.8. The fraction of sp³-hybridized carbons (Fsp3) is 0.526. The number of Topliss-reactive ketones (excluding diaryl/α,β-unsaturated/α-hetero) is 1. The lowest BCUT2D eigenvalue weighted by Gasteiger charge is -2.37. The molecule has 2 atom stereocenters. The van der Waals surface area contributed by atoms with Gasteiger partial charge in [0.1, 0.15) is 11.1 Å². The first kappa shape index (κ1) is 19.0. The summed E-state index contributed by atoms with van der Waals surface area (Å²) in [6, 6.07) is 5.81. The molecular formula is C19H24N4O4. The van der Waals surface area contributed by atoms with Crippen LogP contribution in [-0.4, -0.2) is 28.9 Å². The van der Waals surface area contributed by atoms with E-state index in [2.05, 4.69) is 15.8 Å². The van der Waals surface area contributed by atoms with Crippen molar-refractivity contribution in [2.24, 2.45) is 21.3 Å². The largest absolute Gasteiger partial charge is 0.355 e. The van der Waals surface area contributed by atoms with Crippen molar-refractivity contribution in [2.45, 2.75) is 40.5 Å². The first-order chi connectivity index (χ1) is 12.6. The van der Waals surface area contributed by atoms with Gasteiger partial charge in [0, 0.05) is 24.1 Å². The van der Waals surface area contributed by atoms with Crippen molar-refractivity contribution in [3.05, 3.63) is 34.4 Å². The van der Waals surface area contributed by atoms with Crippen molar-refractivity contribution >= 4 is 28.8 Å². The first-order valence-electron chi connectivity index (χ1n) is 9.03. The molecule has 2 saturated carbocycles. The van der Waals surface area contributed by atoms with E-state index in [0.29, 0.717) is 30.8 Å². The fourth-order valence-corrected chi connectivity index (χ4v) is 4.56. The molecular weight excluding hydrogens is 348 g/mol. The van der Waals surface area contributed by atoms with Crippen molar-refractivity contribution in [3.8, 4) is 0 Å². The van der Waals surface area contributed by atoms with Gasteiger partial charge < -0.3 is 5.32 Å². The van der Waals surface area contributed by atoms with E-state index >= 15 is 0 Å². The van der Waals surface area contributed by atoms with Gasteiger partial charge in [-0.3, -0.25) is 25.1 Å². The molecule has 144 valence electrons. The number of nitro benzene ring substituents is 1. The highest BCUT2D eigenvalue weighted by Gasteiger charge is 2.76. The Morgan fingerprint density at radius 2 is 1.85 bits per heavy atom. The predicted molar refractivity (Wildman–Crippen MR) is 101 cm³/mol. The summed E-state index contributed by atoms with van der Waals surface area (Å²) in [5.41, 5.74) is 1.52. The Kier molecular flexibility index (Phi) is 4.32. The molecule has 0 aliphatic heterocycles. The van der Waals surface area contributed by atoms with Crippen LogP contribution < -0.4 is 10.7 Å². The number of non-ortho nitro benzene ring substituents is 1. The summed E-state index contributed by atoms with van der Waals surface area (Å²) in [7, 11) is 0. The van der Waals surface area contributed by atoms with Crippen LogP contribution in [0.1, 0.15) is 40.5 Å². The van der Waals surface area contributed by atoms with Crippen LogP contribution in [0.4, 0.5) is 11.4 Å². The minimum atomic E-state index is -1.10. The third kappa shape index (κ3) is 2.39. The molecule has 2 aliphatic rings. The quantitative estimate of drug-likeness (QED) is 0.469. The second kappa shape index (κ2) is 6.14. The zero-order valence-corrected chi connectivity index (χ0v) is 16.0. The molecule has 8 heteroatoms. The Balaban J connectivity index is 1.95. The van der Waals surface area contributed by atoms with E-state index in [4.69, 9.17) is 0 Å². The zero-order chi connectivity index (χ0) is 20.0. The maximum Gasteiger partial charge on any atom is 0.269 e. The van der Waals surface area contributed by atoms with Crippen LogP contribution in [0.2, 0.25) is 0 Å².